The van der Waals surface area contributed by atoms with E-state index < -0.39 is 79.4 Å². The molecule has 3 heterocycles. The SMILES string of the molecule is CC(=O)OCOC(=O)[C@@H]1[C@@H](Cc2ccnc(CC(=O)OCOC(=O)C(C)C)c2)C(=O)N1C(=O)C[C@H](C)c1ccc2c(c1)OC(F)(F)O2. The number of likely N-dealkylation sites (tertiary alicyclic amines) is 1. The summed E-state index contributed by atoms with van der Waals surface area (Å²) >= 11 is 0. The lowest BCUT2D eigenvalue weighted by molar-refractivity contribution is -0.286. The molecule has 0 unspecified atom stereocenters. The molecule has 0 radical (unpaired) electrons. The van der Waals surface area contributed by atoms with Crippen molar-refractivity contribution in [2.24, 2.45) is 11.8 Å². The number of ether oxygens (including phenoxy) is 6. The highest BCUT2D eigenvalue weighted by Crippen LogP contribution is 2.43. The minimum atomic E-state index is -3.82. The largest absolute Gasteiger partial charge is 0.586 e. The average Bonchev–Trinajstić information content (AvgIpc) is 3.31. The van der Waals surface area contributed by atoms with Gasteiger partial charge in [-0.1, -0.05) is 26.8 Å². The van der Waals surface area contributed by atoms with Crippen LogP contribution in [-0.4, -0.2) is 71.5 Å². The van der Waals surface area contributed by atoms with Crippen LogP contribution in [0.5, 0.6) is 11.5 Å². The topological polar surface area (TPSA) is 174 Å². The van der Waals surface area contributed by atoms with Gasteiger partial charge in [0.2, 0.25) is 25.4 Å². The predicted molar refractivity (Wildman–Crippen MR) is 151 cm³/mol. The molecule has 2 aliphatic heterocycles. The number of imide groups is 1. The van der Waals surface area contributed by atoms with E-state index in [0.717, 1.165) is 11.8 Å². The first-order chi connectivity index (χ1) is 22.1. The number of hydrogen-bond donors (Lipinski definition) is 0. The number of carbonyl (C=O) groups excluding carboxylic acids is 6. The number of carbonyl (C=O) groups is 6. The molecule has 0 N–H and O–H groups in total. The van der Waals surface area contributed by atoms with E-state index in [-0.39, 0.29) is 36.5 Å². The highest BCUT2D eigenvalue weighted by Gasteiger charge is 2.55. The number of halogens is 2. The first-order valence-electron chi connectivity index (χ1n) is 14.5. The van der Waals surface area contributed by atoms with Crippen molar-refractivity contribution in [1.82, 2.24) is 9.88 Å². The van der Waals surface area contributed by atoms with Crippen LogP contribution < -0.4 is 9.47 Å². The first kappa shape index (κ1) is 34.7. The number of benzene rings is 1. The van der Waals surface area contributed by atoms with E-state index in [2.05, 4.69) is 19.2 Å². The Hall–Kier alpha value is -5.15. The van der Waals surface area contributed by atoms with Gasteiger partial charge in [-0.25, -0.2) is 4.79 Å². The molecule has 4 rings (SSSR count). The number of fused-ring (bicyclic) bond motifs is 1. The lowest BCUT2D eigenvalue weighted by atomic mass is 9.81. The molecular formula is C31H32F2N2O12. The summed E-state index contributed by atoms with van der Waals surface area (Å²) in [5, 5.41) is 0. The van der Waals surface area contributed by atoms with Gasteiger partial charge in [0.25, 0.3) is 0 Å². The fourth-order valence-electron chi connectivity index (χ4n) is 4.83. The van der Waals surface area contributed by atoms with Gasteiger partial charge >= 0.3 is 30.2 Å². The Morgan fingerprint density at radius 3 is 2.36 bits per heavy atom. The number of hydrogen-bond acceptors (Lipinski definition) is 13. The smallest absolute Gasteiger partial charge is 0.428 e. The second-order valence-electron chi connectivity index (χ2n) is 11.1. The number of nitrogens with zero attached hydrogens (tertiary/aromatic N) is 2. The molecule has 14 nitrogen and oxygen atoms in total. The summed E-state index contributed by atoms with van der Waals surface area (Å²) in [6.45, 7) is 4.69. The molecule has 1 saturated heterocycles. The van der Waals surface area contributed by atoms with E-state index >= 15 is 0 Å². The fraction of sp³-hybridized carbons (Fsp3) is 0.452. The van der Waals surface area contributed by atoms with Gasteiger partial charge in [-0.3, -0.25) is 33.9 Å². The molecule has 16 heteroatoms. The lowest BCUT2D eigenvalue weighted by Gasteiger charge is -2.44. The van der Waals surface area contributed by atoms with E-state index in [9.17, 15) is 37.5 Å². The van der Waals surface area contributed by atoms with Crippen LogP contribution in [0, 0.1) is 11.8 Å². The van der Waals surface area contributed by atoms with Crippen molar-refractivity contribution in [1.29, 1.82) is 0 Å². The summed E-state index contributed by atoms with van der Waals surface area (Å²) in [5.74, 6) is -6.79. The molecule has 1 fully saturated rings. The van der Waals surface area contributed by atoms with Gasteiger partial charge in [0.05, 0.1) is 24.0 Å². The first-order valence-corrected chi connectivity index (χ1v) is 14.5. The maximum absolute atomic E-state index is 13.4. The van der Waals surface area contributed by atoms with Crippen LogP contribution in [0.25, 0.3) is 0 Å². The van der Waals surface area contributed by atoms with Crippen LogP contribution in [0.1, 0.15) is 56.9 Å². The standard InChI is InChI=1S/C31H32F2N2O12/c1-16(2)29(40)44-15-43-26(38)13-21-10-19(7-8-34-21)11-22-27(30(41)45-14-42-18(4)36)35(28(22)39)25(37)9-17(3)20-5-6-23-24(12-20)47-31(32,33)46-23/h5-8,10,12,16-17,22,27H,9,11,13-15H2,1-4H3/t17-,22+,27-/m0/s1. The van der Waals surface area contributed by atoms with E-state index in [4.69, 9.17) is 14.2 Å². The molecule has 1 aromatic carbocycles. The zero-order valence-electron chi connectivity index (χ0n) is 25.9. The maximum Gasteiger partial charge on any atom is 0.586 e. The van der Waals surface area contributed by atoms with Gasteiger partial charge in [0, 0.05) is 19.5 Å². The summed E-state index contributed by atoms with van der Waals surface area (Å²) in [6, 6.07) is 5.76. The Balaban J connectivity index is 1.43. The maximum atomic E-state index is 13.4. The summed E-state index contributed by atoms with van der Waals surface area (Å²) in [4.78, 5) is 79.4. The highest BCUT2D eigenvalue weighted by molar-refractivity contribution is 6.08. The molecule has 3 atom stereocenters. The molecule has 47 heavy (non-hydrogen) atoms. The average molecular weight is 663 g/mol. The van der Waals surface area contributed by atoms with Crippen molar-refractivity contribution in [2.45, 2.75) is 65.2 Å². The van der Waals surface area contributed by atoms with Crippen molar-refractivity contribution in [2.75, 3.05) is 13.6 Å². The molecule has 252 valence electrons. The Bertz CT molecular complexity index is 1560. The Morgan fingerprint density at radius 2 is 1.66 bits per heavy atom. The number of aromatic nitrogens is 1. The molecule has 0 spiro atoms. The van der Waals surface area contributed by atoms with Gasteiger partial charge in [-0.05, 0) is 47.7 Å². The van der Waals surface area contributed by atoms with Crippen molar-refractivity contribution >= 4 is 35.7 Å². The van der Waals surface area contributed by atoms with Gasteiger partial charge in [-0.2, -0.15) is 0 Å². The highest BCUT2D eigenvalue weighted by atomic mass is 19.3. The second kappa shape index (κ2) is 14.5. The number of alkyl halides is 2. The number of β-lactam (4-membered cyclic amide) rings is 1. The normalized spacial score (nSPS) is 18.2. The molecule has 2 aromatic rings. The van der Waals surface area contributed by atoms with E-state index in [1.807, 2.05) is 0 Å². The summed E-state index contributed by atoms with van der Waals surface area (Å²) < 4.78 is 55.2. The van der Waals surface area contributed by atoms with Crippen molar-refractivity contribution < 1.29 is 66.0 Å². The summed E-state index contributed by atoms with van der Waals surface area (Å²) in [5.41, 5.74) is 1.22. The Morgan fingerprint density at radius 1 is 0.957 bits per heavy atom. The molecule has 1 aromatic heterocycles. The van der Waals surface area contributed by atoms with Crippen LogP contribution in [-0.2, 0) is 60.6 Å². The molecule has 0 bridgehead atoms. The van der Waals surface area contributed by atoms with Crippen molar-refractivity contribution in [3.63, 3.8) is 0 Å². The third-order valence-electron chi connectivity index (χ3n) is 7.22. The zero-order chi connectivity index (χ0) is 34.5. The molecule has 2 aliphatic rings. The van der Waals surface area contributed by atoms with Crippen LogP contribution in [0.4, 0.5) is 8.78 Å². The summed E-state index contributed by atoms with van der Waals surface area (Å²) in [6.07, 6.45) is -3.03. The van der Waals surface area contributed by atoms with Gasteiger partial charge < -0.3 is 28.4 Å². The monoisotopic (exact) mass is 662 g/mol. The zero-order valence-corrected chi connectivity index (χ0v) is 25.9. The molecular weight excluding hydrogens is 630 g/mol. The lowest BCUT2D eigenvalue weighted by Crippen LogP contribution is -2.67. The molecule has 0 saturated carbocycles. The number of esters is 4. The predicted octanol–water partition coefficient (Wildman–Crippen LogP) is 2.80. The van der Waals surface area contributed by atoms with Crippen LogP contribution >= 0.6 is 0 Å². The molecule has 2 amide bonds. The Labute approximate surface area is 267 Å². The quantitative estimate of drug-likeness (QED) is 0.174. The third-order valence-corrected chi connectivity index (χ3v) is 7.22. The minimum Gasteiger partial charge on any atom is -0.428 e. The number of rotatable bonds is 13. The minimum absolute atomic E-state index is 0.0432. The third kappa shape index (κ3) is 8.77. The van der Waals surface area contributed by atoms with E-state index in [1.165, 1.54) is 30.5 Å². The number of pyridine rings is 1. The van der Waals surface area contributed by atoms with Gasteiger partial charge in [0.1, 0.15) is 6.04 Å². The second-order valence-corrected chi connectivity index (χ2v) is 11.1. The van der Waals surface area contributed by atoms with Crippen LogP contribution in [0.2, 0.25) is 0 Å². The Kier molecular flexibility index (Phi) is 10.7. The fourth-order valence-corrected chi connectivity index (χ4v) is 4.83. The van der Waals surface area contributed by atoms with Crippen LogP contribution in [0.3, 0.4) is 0 Å². The number of amides is 2. The van der Waals surface area contributed by atoms with Crippen molar-refractivity contribution in [3.8, 4) is 11.5 Å². The van der Waals surface area contributed by atoms with E-state index in [1.54, 1.807) is 26.8 Å². The van der Waals surface area contributed by atoms with Gasteiger partial charge in [0.15, 0.2) is 11.5 Å². The van der Waals surface area contributed by atoms with Crippen LogP contribution in [0.15, 0.2) is 36.5 Å². The summed E-state index contributed by atoms with van der Waals surface area (Å²) in [7, 11) is 0. The molecule has 0 aliphatic carbocycles. The van der Waals surface area contributed by atoms with E-state index in [0.29, 0.717) is 11.1 Å². The van der Waals surface area contributed by atoms with Crippen molar-refractivity contribution in [3.05, 3.63) is 53.3 Å². The van der Waals surface area contributed by atoms with Gasteiger partial charge in [-0.15, -0.1) is 8.78 Å².